The lowest BCUT2D eigenvalue weighted by atomic mass is 9.77. The number of aromatic nitrogens is 2. The van der Waals surface area contributed by atoms with Crippen LogP contribution in [-0.4, -0.2) is 9.97 Å². The van der Waals surface area contributed by atoms with Crippen LogP contribution in [0.25, 0.3) is 0 Å². The summed E-state index contributed by atoms with van der Waals surface area (Å²) in [5.41, 5.74) is 3.76. The summed E-state index contributed by atoms with van der Waals surface area (Å²) in [6, 6.07) is 10.3. The minimum atomic E-state index is 0.317. The molecule has 3 heteroatoms. The molecule has 0 saturated carbocycles. The average Bonchev–Trinajstić information content (AvgIpc) is 2.30. The quantitative estimate of drug-likeness (QED) is 0.763. The Bertz CT molecular complexity index is 593. The fourth-order valence-electron chi connectivity index (χ4n) is 2.39. The third kappa shape index (κ3) is 1.91. The second kappa shape index (κ2) is 4.36. The average molecular weight is 259 g/mol. The predicted octanol–water partition coefficient (Wildman–Crippen LogP) is 3.94. The van der Waals surface area contributed by atoms with E-state index in [9.17, 15) is 0 Å². The standard InChI is InChI=1S/C15H15ClN2/c1-9(2)13-8-14(16)18-15(17-13)12-7-10-5-3-4-6-11(10)12/h3-6,8-9,12H,7H2,1-2H3. The van der Waals surface area contributed by atoms with Gasteiger partial charge in [0.1, 0.15) is 11.0 Å². The molecule has 1 heterocycles. The van der Waals surface area contributed by atoms with Crippen molar-refractivity contribution >= 4 is 11.6 Å². The van der Waals surface area contributed by atoms with Gasteiger partial charge < -0.3 is 0 Å². The fourth-order valence-corrected chi connectivity index (χ4v) is 2.59. The lowest BCUT2D eigenvalue weighted by Crippen LogP contribution is -2.21. The van der Waals surface area contributed by atoms with Crippen LogP contribution in [0.5, 0.6) is 0 Å². The first-order valence-corrected chi connectivity index (χ1v) is 6.65. The Morgan fingerprint density at radius 3 is 2.72 bits per heavy atom. The van der Waals surface area contributed by atoms with E-state index in [2.05, 4.69) is 48.1 Å². The largest absolute Gasteiger partial charge is 0.237 e. The Morgan fingerprint density at radius 2 is 2.00 bits per heavy atom. The van der Waals surface area contributed by atoms with Crippen LogP contribution >= 0.6 is 11.6 Å². The lowest BCUT2D eigenvalue weighted by Gasteiger charge is -2.29. The summed E-state index contributed by atoms with van der Waals surface area (Å²) >= 11 is 6.10. The molecule has 1 aromatic carbocycles. The van der Waals surface area contributed by atoms with Gasteiger partial charge in [-0.1, -0.05) is 49.7 Å². The molecule has 1 aliphatic carbocycles. The molecule has 1 unspecified atom stereocenters. The SMILES string of the molecule is CC(C)c1cc(Cl)nc(C2Cc3ccccc32)n1. The number of hydrogen-bond donors (Lipinski definition) is 0. The molecule has 2 aromatic rings. The minimum absolute atomic E-state index is 0.317. The summed E-state index contributed by atoms with van der Waals surface area (Å²) in [6.07, 6.45) is 1.02. The third-order valence-electron chi connectivity index (χ3n) is 3.49. The second-order valence-electron chi connectivity index (χ2n) is 5.08. The summed E-state index contributed by atoms with van der Waals surface area (Å²) in [5, 5.41) is 0.549. The highest BCUT2D eigenvalue weighted by atomic mass is 35.5. The molecule has 2 nitrogen and oxygen atoms in total. The molecule has 0 amide bonds. The number of fused-ring (bicyclic) bond motifs is 1. The predicted molar refractivity (Wildman–Crippen MR) is 73.1 cm³/mol. The van der Waals surface area contributed by atoms with E-state index in [1.165, 1.54) is 11.1 Å². The van der Waals surface area contributed by atoms with Gasteiger partial charge in [0.15, 0.2) is 0 Å². The highest BCUT2D eigenvalue weighted by molar-refractivity contribution is 6.29. The highest BCUT2D eigenvalue weighted by Gasteiger charge is 2.29. The van der Waals surface area contributed by atoms with Gasteiger partial charge in [-0.15, -0.1) is 0 Å². The summed E-state index contributed by atoms with van der Waals surface area (Å²) in [7, 11) is 0. The lowest BCUT2D eigenvalue weighted by molar-refractivity contribution is 0.646. The maximum Gasteiger partial charge on any atom is 0.138 e. The van der Waals surface area contributed by atoms with Gasteiger partial charge in [-0.05, 0) is 29.5 Å². The maximum atomic E-state index is 6.10. The first kappa shape index (κ1) is 11.7. The van der Waals surface area contributed by atoms with Gasteiger partial charge in [0.05, 0.1) is 0 Å². The summed E-state index contributed by atoms with van der Waals surface area (Å²) < 4.78 is 0. The van der Waals surface area contributed by atoms with Crippen molar-refractivity contribution in [2.24, 2.45) is 0 Å². The number of hydrogen-bond acceptors (Lipinski definition) is 2. The minimum Gasteiger partial charge on any atom is -0.237 e. The molecule has 1 aliphatic rings. The molecular formula is C15H15ClN2. The molecule has 0 aliphatic heterocycles. The third-order valence-corrected chi connectivity index (χ3v) is 3.68. The molecule has 0 spiro atoms. The molecule has 18 heavy (non-hydrogen) atoms. The Kier molecular flexibility index (Phi) is 2.83. The molecule has 0 saturated heterocycles. The molecule has 0 N–H and O–H groups in total. The van der Waals surface area contributed by atoms with Crippen molar-refractivity contribution in [2.45, 2.75) is 32.1 Å². The van der Waals surface area contributed by atoms with Crippen LogP contribution in [0.1, 0.15) is 48.3 Å². The van der Waals surface area contributed by atoms with Crippen molar-refractivity contribution in [1.82, 2.24) is 9.97 Å². The van der Waals surface area contributed by atoms with E-state index in [-0.39, 0.29) is 0 Å². The fraction of sp³-hybridized carbons (Fsp3) is 0.333. The van der Waals surface area contributed by atoms with E-state index >= 15 is 0 Å². The second-order valence-corrected chi connectivity index (χ2v) is 5.47. The molecule has 0 fully saturated rings. The number of benzene rings is 1. The van der Waals surface area contributed by atoms with Crippen molar-refractivity contribution in [2.75, 3.05) is 0 Å². The van der Waals surface area contributed by atoms with Gasteiger partial charge in [-0.25, -0.2) is 9.97 Å². The summed E-state index contributed by atoms with van der Waals surface area (Å²) in [5.74, 6) is 1.56. The Labute approximate surface area is 112 Å². The maximum absolute atomic E-state index is 6.10. The van der Waals surface area contributed by atoms with E-state index in [1.54, 1.807) is 0 Å². The normalized spacial score (nSPS) is 17.4. The van der Waals surface area contributed by atoms with Crippen LogP contribution in [0.2, 0.25) is 5.15 Å². The van der Waals surface area contributed by atoms with Crippen molar-refractivity contribution in [3.63, 3.8) is 0 Å². The molecule has 0 bridgehead atoms. The van der Waals surface area contributed by atoms with Crippen LogP contribution in [0.4, 0.5) is 0 Å². The van der Waals surface area contributed by atoms with Gasteiger partial charge >= 0.3 is 0 Å². The first-order valence-electron chi connectivity index (χ1n) is 6.27. The number of halogens is 1. The van der Waals surface area contributed by atoms with E-state index in [4.69, 9.17) is 11.6 Å². The van der Waals surface area contributed by atoms with Crippen LogP contribution < -0.4 is 0 Å². The van der Waals surface area contributed by atoms with Crippen LogP contribution in [0.3, 0.4) is 0 Å². The van der Waals surface area contributed by atoms with Crippen molar-refractivity contribution in [3.8, 4) is 0 Å². The topological polar surface area (TPSA) is 25.8 Å². The van der Waals surface area contributed by atoms with Crippen molar-refractivity contribution in [3.05, 3.63) is 58.1 Å². The van der Waals surface area contributed by atoms with E-state index in [0.29, 0.717) is 17.0 Å². The number of nitrogens with zero attached hydrogens (tertiary/aromatic N) is 2. The zero-order valence-electron chi connectivity index (χ0n) is 10.5. The molecule has 1 atom stereocenters. The van der Waals surface area contributed by atoms with E-state index in [1.807, 2.05) is 6.07 Å². The van der Waals surface area contributed by atoms with Gasteiger partial charge in [0, 0.05) is 11.6 Å². The van der Waals surface area contributed by atoms with E-state index < -0.39 is 0 Å². The molecular weight excluding hydrogens is 244 g/mol. The Morgan fingerprint density at radius 1 is 1.22 bits per heavy atom. The van der Waals surface area contributed by atoms with Crippen molar-refractivity contribution in [1.29, 1.82) is 0 Å². The zero-order valence-corrected chi connectivity index (χ0v) is 11.3. The summed E-state index contributed by atoms with van der Waals surface area (Å²) in [4.78, 5) is 9.05. The van der Waals surface area contributed by atoms with Crippen LogP contribution in [0, 0.1) is 0 Å². The molecule has 3 rings (SSSR count). The Hall–Kier alpha value is -1.41. The zero-order chi connectivity index (χ0) is 12.7. The molecule has 1 aromatic heterocycles. The number of rotatable bonds is 2. The first-order chi connectivity index (χ1) is 8.65. The smallest absolute Gasteiger partial charge is 0.138 e. The Balaban J connectivity index is 2.00. The summed E-state index contributed by atoms with van der Waals surface area (Å²) in [6.45, 7) is 4.24. The van der Waals surface area contributed by atoms with Crippen molar-refractivity contribution < 1.29 is 0 Å². The van der Waals surface area contributed by atoms with Gasteiger partial charge in [0.25, 0.3) is 0 Å². The van der Waals surface area contributed by atoms with Gasteiger partial charge in [0.2, 0.25) is 0 Å². The highest BCUT2D eigenvalue weighted by Crippen LogP contribution is 2.38. The van der Waals surface area contributed by atoms with E-state index in [0.717, 1.165) is 17.9 Å². The van der Waals surface area contributed by atoms with Crippen LogP contribution in [0.15, 0.2) is 30.3 Å². The molecule has 0 radical (unpaired) electrons. The van der Waals surface area contributed by atoms with Gasteiger partial charge in [-0.3, -0.25) is 0 Å². The molecule has 92 valence electrons. The monoisotopic (exact) mass is 258 g/mol. The van der Waals surface area contributed by atoms with Gasteiger partial charge in [-0.2, -0.15) is 0 Å². The van der Waals surface area contributed by atoms with Crippen LogP contribution in [-0.2, 0) is 6.42 Å².